The van der Waals surface area contributed by atoms with Crippen LogP contribution < -0.4 is 0 Å². The van der Waals surface area contributed by atoms with Gasteiger partial charge in [0.1, 0.15) is 11.6 Å². The smallest absolute Gasteiger partial charge is 0.256 e. The normalized spacial score (nSPS) is 15.5. The highest BCUT2D eigenvalue weighted by molar-refractivity contribution is 5.93. The number of aryl methyl sites for hydroxylation is 1. The molecule has 0 radical (unpaired) electrons. The predicted molar refractivity (Wildman–Crippen MR) is 108 cm³/mol. The zero-order valence-electron chi connectivity index (χ0n) is 16.8. The van der Waals surface area contributed by atoms with Gasteiger partial charge in [-0.25, -0.2) is 14.4 Å². The lowest BCUT2D eigenvalue weighted by Gasteiger charge is -2.34. The summed E-state index contributed by atoms with van der Waals surface area (Å²) in [6.45, 7) is 5.61. The van der Waals surface area contributed by atoms with E-state index in [9.17, 15) is 9.18 Å². The van der Waals surface area contributed by atoms with Gasteiger partial charge in [0.25, 0.3) is 5.91 Å². The van der Waals surface area contributed by atoms with Crippen molar-refractivity contribution >= 4 is 5.91 Å². The van der Waals surface area contributed by atoms with E-state index in [1.165, 1.54) is 6.07 Å². The first-order valence-corrected chi connectivity index (χ1v) is 10.1. The van der Waals surface area contributed by atoms with E-state index in [1.807, 2.05) is 26.1 Å². The SMILES string of the molecule is CCc1ncc(C(=O)N(C)CC2CCN(CCc3ccccc3F)CC2)cn1. The summed E-state index contributed by atoms with van der Waals surface area (Å²) in [4.78, 5) is 25.2. The molecule has 1 fully saturated rings. The van der Waals surface area contributed by atoms with Gasteiger partial charge in [0.05, 0.1) is 5.56 Å². The van der Waals surface area contributed by atoms with Gasteiger partial charge in [-0.15, -0.1) is 0 Å². The summed E-state index contributed by atoms with van der Waals surface area (Å²) in [5, 5.41) is 0. The number of likely N-dealkylation sites (tertiary alicyclic amines) is 1. The zero-order valence-corrected chi connectivity index (χ0v) is 16.8. The lowest BCUT2D eigenvalue weighted by molar-refractivity contribution is 0.0739. The molecule has 0 atom stereocenters. The van der Waals surface area contributed by atoms with Crippen LogP contribution in [0.25, 0.3) is 0 Å². The van der Waals surface area contributed by atoms with E-state index >= 15 is 0 Å². The van der Waals surface area contributed by atoms with Crippen LogP contribution in [0.1, 0.15) is 41.5 Å². The highest BCUT2D eigenvalue weighted by Crippen LogP contribution is 2.19. The van der Waals surface area contributed by atoms with Crippen LogP contribution in [0, 0.1) is 11.7 Å². The number of carbonyl (C=O) groups excluding carboxylic acids is 1. The molecule has 1 aliphatic heterocycles. The standard InChI is InChI=1S/C22H29FN4O/c1-3-21-24-14-19(15-25-21)22(28)26(2)16-17-8-11-27(12-9-17)13-10-18-6-4-5-7-20(18)23/h4-7,14-15,17H,3,8-13,16H2,1-2H3. The molecule has 0 aliphatic carbocycles. The van der Waals surface area contributed by atoms with Crippen LogP contribution >= 0.6 is 0 Å². The minimum absolute atomic E-state index is 0.0235. The number of piperidine rings is 1. The molecule has 28 heavy (non-hydrogen) atoms. The third-order valence-corrected chi connectivity index (χ3v) is 5.51. The molecule has 0 N–H and O–H groups in total. The molecule has 2 aromatic rings. The molecule has 6 heteroatoms. The number of hydrogen-bond donors (Lipinski definition) is 0. The van der Waals surface area contributed by atoms with Gasteiger partial charge in [-0.05, 0) is 49.9 Å². The number of benzene rings is 1. The van der Waals surface area contributed by atoms with E-state index in [-0.39, 0.29) is 11.7 Å². The van der Waals surface area contributed by atoms with Gasteiger partial charge in [0.2, 0.25) is 0 Å². The van der Waals surface area contributed by atoms with Crippen molar-refractivity contribution in [3.63, 3.8) is 0 Å². The lowest BCUT2D eigenvalue weighted by atomic mass is 9.95. The van der Waals surface area contributed by atoms with Crippen molar-refractivity contribution in [2.75, 3.05) is 33.2 Å². The molecule has 1 aromatic carbocycles. The van der Waals surface area contributed by atoms with E-state index < -0.39 is 0 Å². The molecule has 1 aliphatic rings. The fraction of sp³-hybridized carbons (Fsp3) is 0.500. The Morgan fingerprint density at radius 3 is 2.54 bits per heavy atom. The second-order valence-electron chi connectivity index (χ2n) is 7.55. The van der Waals surface area contributed by atoms with Crippen molar-refractivity contribution in [3.05, 3.63) is 59.4 Å². The number of rotatable bonds is 7. The van der Waals surface area contributed by atoms with E-state index in [0.29, 0.717) is 11.5 Å². The Morgan fingerprint density at radius 1 is 1.21 bits per heavy atom. The number of carbonyl (C=O) groups is 1. The van der Waals surface area contributed by atoms with Crippen molar-refractivity contribution in [1.29, 1.82) is 0 Å². The fourth-order valence-electron chi connectivity index (χ4n) is 3.71. The third kappa shape index (κ3) is 5.35. The summed E-state index contributed by atoms with van der Waals surface area (Å²) in [6, 6.07) is 7.00. The molecular formula is C22H29FN4O. The van der Waals surface area contributed by atoms with Crippen LogP contribution in [0.3, 0.4) is 0 Å². The van der Waals surface area contributed by atoms with Gasteiger partial charge in [0, 0.05) is 39.0 Å². The first kappa shape index (κ1) is 20.4. The van der Waals surface area contributed by atoms with E-state index in [2.05, 4.69) is 14.9 Å². The van der Waals surface area contributed by atoms with E-state index in [1.54, 1.807) is 23.4 Å². The topological polar surface area (TPSA) is 49.3 Å². The van der Waals surface area contributed by atoms with Gasteiger partial charge in [0.15, 0.2) is 0 Å². The minimum atomic E-state index is -0.117. The quantitative estimate of drug-likeness (QED) is 0.736. The molecule has 1 saturated heterocycles. The maximum absolute atomic E-state index is 13.7. The van der Waals surface area contributed by atoms with E-state index in [0.717, 1.165) is 63.3 Å². The Morgan fingerprint density at radius 2 is 1.89 bits per heavy atom. The van der Waals surface area contributed by atoms with Crippen LogP contribution in [0.15, 0.2) is 36.7 Å². The maximum atomic E-state index is 13.7. The molecule has 0 unspecified atom stereocenters. The summed E-state index contributed by atoms with van der Waals surface area (Å²) in [5.41, 5.74) is 1.33. The Labute approximate surface area is 166 Å². The number of hydrogen-bond acceptors (Lipinski definition) is 4. The van der Waals surface area contributed by atoms with Gasteiger partial charge in [-0.1, -0.05) is 25.1 Å². The fourth-order valence-corrected chi connectivity index (χ4v) is 3.71. The van der Waals surface area contributed by atoms with Crippen molar-refractivity contribution in [1.82, 2.24) is 19.8 Å². The largest absolute Gasteiger partial charge is 0.341 e. The highest BCUT2D eigenvalue weighted by atomic mass is 19.1. The van der Waals surface area contributed by atoms with Crippen molar-refractivity contribution < 1.29 is 9.18 Å². The molecule has 3 rings (SSSR count). The molecule has 5 nitrogen and oxygen atoms in total. The molecular weight excluding hydrogens is 355 g/mol. The van der Waals surface area contributed by atoms with Gasteiger partial charge in [-0.2, -0.15) is 0 Å². The Kier molecular flexibility index (Phi) is 7.09. The summed E-state index contributed by atoms with van der Waals surface area (Å²) in [6.07, 6.45) is 6.86. The number of halogens is 1. The van der Waals surface area contributed by atoms with Crippen molar-refractivity contribution in [2.45, 2.75) is 32.6 Å². The van der Waals surface area contributed by atoms with Crippen LogP contribution in [0.5, 0.6) is 0 Å². The Balaban J connectivity index is 1.43. The molecule has 1 amide bonds. The first-order valence-electron chi connectivity index (χ1n) is 10.1. The van der Waals surface area contributed by atoms with Crippen LogP contribution in [0.2, 0.25) is 0 Å². The summed E-state index contributed by atoms with van der Waals surface area (Å²) >= 11 is 0. The van der Waals surface area contributed by atoms with Crippen LogP contribution in [-0.2, 0) is 12.8 Å². The van der Waals surface area contributed by atoms with Gasteiger partial charge in [-0.3, -0.25) is 4.79 Å². The monoisotopic (exact) mass is 384 g/mol. The highest BCUT2D eigenvalue weighted by Gasteiger charge is 2.23. The Hall–Kier alpha value is -2.34. The maximum Gasteiger partial charge on any atom is 0.256 e. The summed E-state index contributed by atoms with van der Waals surface area (Å²) < 4.78 is 13.7. The van der Waals surface area contributed by atoms with Crippen LogP contribution in [-0.4, -0.2) is 58.9 Å². The lowest BCUT2D eigenvalue weighted by Crippen LogP contribution is -2.40. The molecule has 1 aromatic heterocycles. The average Bonchev–Trinajstić information content (AvgIpc) is 2.73. The van der Waals surface area contributed by atoms with Gasteiger partial charge < -0.3 is 9.80 Å². The van der Waals surface area contributed by atoms with Crippen LogP contribution in [0.4, 0.5) is 4.39 Å². The van der Waals surface area contributed by atoms with Crippen molar-refractivity contribution in [3.8, 4) is 0 Å². The zero-order chi connectivity index (χ0) is 19.9. The van der Waals surface area contributed by atoms with E-state index in [4.69, 9.17) is 0 Å². The Bertz CT molecular complexity index is 772. The van der Waals surface area contributed by atoms with Crippen molar-refractivity contribution in [2.24, 2.45) is 5.92 Å². The average molecular weight is 384 g/mol. The molecule has 150 valence electrons. The first-order chi connectivity index (χ1) is 13.6. The van der Waals surface area contributed by atoms with Gasteiger partial charge >= 0.3 is 0 Å². The molecule has 0 saturated carbocycles. The third-order valence-electron chi connectivity index (χ3n) is 5.51. The molecule has 0 bridgehead atoms. The number of nitrogens with zero attached hydrogens (tertiary/aromatic N) is 4. The predicted octanol–water partition coefficient (Wildman–Crippen LogP) is 3.20. The summed E-state index contributed by atoms with van der Waals surface area (Å²) in [7, 11) is 1.85. The summed E-state index contributed by atoms with van der Waals surface area (Å²) in [5.74, 6) is 1.11. The number of amides is 1. The number of aromatic nitrogens is 2. The molecule has 0 spiro atoms. The minimum Gasteiger partial charge on any atom is -0.341 e. The second kappa shape index (κ2) is 9.73. The molecule has 2 heterocycles. The second-order valence-corrected chi connectivity index (χ2v) is 7.55.